The van der Waals surface area contributed by atoms with Crippen molar-refractivity contribution < 1.29 is 4.79 Å². The average molecular weight is 255 g/mol. The summed E-state index contributed by atoms with van der Waals surface area (Å²) < 4.78 is 0. The largest absolute Gasteiger partial charge is 0.398 e. The number of aromatic nitrogens is 1. The Hall–Kier alpha value is -2.36. The Labute approximate surface area is 112 Å². The lowest BCUT2D eigenvalue weighted by molar-refractivity contribution is 0.101. The van der Waals surface area contributed by atoms with Gasteiger partial charge < -0.3 is 10.6 Å². The molecule has 0 unspecified atom stereocenters. The van der Waals surface area contributed by atoms with E-state index in [9.17, 15) is 4.79 Å². The molecule has 1 aromatic heterocycles. The van der Waals surface area contributed by atoms with E-state index in [0.29, 0.717) is 17.8 Å². The molecule has 0 aliphatic heterocycles. The maximum atomic E-state index is 11.3. The van der Waals surface area contributed by atoms with Gasteiger partial charge in [0.1, 0.15) is 0 Å². The van der Waals surface area contributed by atoms with Crippen molar-refractivity contribution in [3.8, 4) is 0 Å². The topological polar surface area (TPSA) is 59.2 Å². The number of nitrogens with two attached hydrogens (primary N) is 1. The molecule has 2 aromatic rings. The quantitative estimate of drug-likeness (QED) is 0.673. The van der Waals surface area contributed by atoms with Crippen molar-refractivity contribution in [2.75, 3.05) is 17.7 Å². The summed E-state index contributed by atoms with van der Waals surface area (Å²) in [6.07, 6.45) is 1.77. The van der Waals surface area contributed by atoms with E-state index in [1.54, 1.807) is 12.3 Å². The smallest absolute Gasteiger partial charge is 0.161 e. The first-order valence-electron chi connectivity index (χ1n) is 6.09. The highest BCUT2D eigenvalue weighted by Gasteiger charge is 2.08. The second kappa shape index (κ2) is 5.52. The Morgan fingerprint density at radius 1 is 1.32 bits per heavy atom. The van der Waals surface area contributed by atoms with Crippen molar-refractivity contribution in [1.29, 1.82) is 0 Å². The Kier molecular flexibility index (Phi) is 3.80. The molecular weight excluding hydrogens is 238 g/mol. The molecule has 4 heteroatoms. The van der Waals surface area contributed by atoms with Gasteiger partial charge in [0.2, 0.25) is 0 Å². The first-order valence-corrected chi connectivity index (χ1v) is 6.09. The van der Waals surface area contributed by atoms with Gasteiger partial charge in [-0.05, 0) is 37.3 Å². The first-order chi connectivity index (χ1) is 9.08. The number of pyridine rings is 1. The maximum absolute atomic E-state index is 11.3. The van der Waals surface area contributed by atoms with E-state index in [0.717, 1.165) is 11.4 Å². The third-order valence-electron chi connectivity index (χ3n) is 2.98. The lowest BCUT2D eigenvalue weighted by Crippen LogP contribution is -2.17. The maximum Gasteiger partial charge on any atom is 0.161 e. The van der Waals surface area contributed by atoms with E-state index in [4.69, 9.17) is 5.73 Å². The number of hydrogen-bond acceptors (Lipinski definition) is 4. The monoisotopic (exact) mass is 255 g/mol. The molecule has 4 nitrogen and oxygen atoms in total. The van der Waals surface area contributed by atoms with Crippen LogP contribution in [0.2, 0.25) is 0 Å². The van der Waals surface area contributed by atoms with Crippen molar-refractivity contribution in [2.24, 2.45) is 0 Å². The van der Waals surface area contributed by atoms with Crippen molar-refractivity contribution in [2.45, 2.75) is 13.5 Å². The van der Waals surface area contributed by atoms with E-state index < -0.39 is 0 Å². The summed E-state index contributed by atoms with van der Waals surface area (Å²) in [5.41, 5.74) is 8.92. The Morgan fingerprint density at radius 2 is 2.11 bits per heavy atom. The summed E-state index contributed by atoms with van der Waals surface area (Å²) >= 11 is 0. The highest BCUT2D eigenvalue weighted by atomic mass is 16.1. The molecule has 1 aromatic carbocycles. The zero-order chi connectivity index (χ0) is 13.8. The number of carbonyl (C=O) groups is 1. The molecule has 0 spiro atoms. The molecule has 2 rings (SSSR count). The second-order valence-electron chi connectivity index (χ2n) is 4.50. The van der Waals surface area contributed by atoms with Gasteiger partial charge in [-0.25, -0.2) is 0 Å². The van der Waals surface area contributed by atoms with Gasteiger partial charge in [0, 0.05) is 30.2 Å². The van der Waals surface area contributed by atoms with E-state index in [2.05, 4.69) is 4.98 Å². The zero-order valence-corrected chi connectivity index (χ0v) is 11.1. The van der Waals surface area contributed by atoms with Crippen LogP contribution in [0, 0.1) is 0 Å². The molecule has 98 valence electrons. The molecule has 0 atom stereocenters. The molecule has 19 heavy (non-hydrogen) atoms. The van der Waals surface area contributed by atoms with Gasteiger partial charge in [0.25, 0.3) is 0 Å². The summed E-state index contributed by atoms with van der Waals surface area (Å²) in [5, 5.41) is 0. The fourth-order valence-corrected chi connectivity index (χ4v) is 1.93. The van der Waals surface area contributed by atoms with Crippen molar-refractivity contribution in [3.63, 3.8) is 0 Å². The summed E-state index contributed by atoms with van der Waals surface area (Å²) in [5.74, 6) is -0.0172. The van der Waals surface area contributed by atoms with Gasteiger partial charge in [0.15, 0.2) is 5.78 Å². The second-order valence-corrected chi connectivity index (χ2v) is 4.50. The number of nitrogen functional groups attached to an aromatic ring is 1. The standard InChI is InChI=1S/C15H17N3O/c1-11(19)14-7-6-13(9-15(14)16)18(2)10-12-5-3-4-8-17-12/h3-9H,10,16H2,1-2H3. The molecular formula is C15H17N3O. The van der Waals surface area contributed by atoms with Crippen molar-refractivity contribution >= 4 is 17.2 Å². The number of rotatable bonds is 4. The van der Waals surface area contributed by atoms with E-state index in [-0.39, 0.29) is 5.78 Å². The number of hydrogen-bond donors (Lipinski definition) is 1. The third-order valence-corrected chi connectivity index (χ3v) is 2.98. The predicted molar refractivity (Wildman–Crippen MR) is 77.2 cm³/mol. The summed E-state index contributed by atoms with van der Waals surface area (Å²) in [7, 11) is 1.97. The first kappa shape index (κ1) is 13.1. The molecule has 0 saturated heterocycles. The number of carbonyl (C=O) groups excluding carboxylic acids is 1. The summed E-state index contributed by atoms with van der Waals surface area (Å²) in [4.78, 5) is 17.7. The SMILES string of the molecule is CC(=O)c1ccc(N(C)Cc2ccccn2)cc1N. The molecule has 0 bridgehead atoms. The van der Waals surface area contributed by atoms with Gasteiger partial charge in [-0.2, -0.15) is 0 Å². The Balaban J connectivity index is 2.18. The predicted octanol–water partition coefficient (Wildman–Crippen LogP) is 2.50. The van der Waals surface area contributed by atoms with Gasteiger partial charge in [-0.15, -0.1) is 0 Å². The zero-order valence-electron chi connectivity index (χ0n) is 11.1. The minimum absolute atomic E-state index is 0.0172. The van der Waals surface area contributed by atoms with Crippen LogP contribution in [0.15, 0.2) is 42.6 Å². The molecule has 0 aliphatic carbocycles. The van der Waals surface area contributed by atoms with Crippen LogP contribution in [0.4, 0.5) is 11.4 Å². The fraction of sp³-hybridized carbons (Fsp3) is 0.200. The van der Waals surface area contributed by atoms with Gasteiger partial charge >= 0.3 is 0 Å². The van der Waals surface area contributed by atoms with Crippen LogP contribution in [0.3, 0.4) is 0 Å². The van der Waals surface area contributed by atoms with Crippen LogP contribution in [-0.2, 0) is 6.54 Å². The number of nitrogens with zero attached hydrogens (tertiary/aromatic N) is 2. The van der Waals surface area contributed by atoms with E-state index in [1.807, 2.05) is 42.3 Å². The van der Waals surface area contributed by atoms with Crippen LogP contribution in [0.5, 0.6) is 0 Å². The normalized spacial score (nSPS) is 10.2. The Bertz CT molecular complexity index is 581. The minimum Gasteiger partial charge on any atom is -0.398 e. The third kappa shape index (κ3) is 3.10. The highest BCUT2D eigenvalue weighted by molar-refractivity contribution is 5.99. The van der Waals surface area contributed by atoms with Gasteiger partial charge in [-0.3, -0.25) is 9.78 Å². The molecule has 0 aliphatic rings. The molecule has 2 N–H and O–H groups in total. The molecule has 0 amide bonds. The molecule has 0 saturated carbocycles. The molecule has 0 fully saturated rings. The number of benzene rings is 1. The van der Waals surface area contributed by atoms with Gasteiger partial charge in [0.05, 0.1) is 12.2 Å². The Morgan fingerprint density at radius 3 is 2.68 bits per heavy atom. The summed E-state index contributed by atoms with van der Waals surface area (Å²) in [6.45, 7) is 2.21. The van der Waals surface area contributed by atoms with Gasteiger partial charge in [-0.1, -0.05) is 6.07 Å². The molecule has 0 radical (unpaired) electrons. The highest BCUT2D eigenvalue weighted by Crippen LogP contribution is 2.22. The minimum atomic E-state index is -0.0172. The van der Waals surface area contributed by atoms with E-state index in [1.165, 1.54) is 6.92 Å². The lowest BCUT2D eigenvalue weighted by Gasteiger charge is -2.19. The van der Waals surface area contributed by atoms with E-state index >= 15 is 0 Å². The van der Waals surface area contributed by atoms with Crippen LogP contribution in [-0.4, -0.2) is 17.8 Å². The molecule has 1 heterocycles. The average Bonchev–Trinajstić information content (AvgIpc) is 2.39. The number of Topliss-reactive ketones (excluding diaryl/α,β-unsaturated/α-hetero) is 1. The van der Waals surface area contributed by atoms with Crippen LogP contribution < -0.4 is 10.6 Å². The lowest BCUT2D eigenvalue weighted by atomic mass is 10.1. The van der Waals surface area contributed by atoms with Crippen LogP contribution >= 0.6 is 0 Å². The number of anilines is 2. The fourth-order valence-electron chi connectivity index (χ4n) is 1.93. The van der Waals surface area contributed by atoms with Crippen LogP contribution in [0.25, 0.3) is 0 Å². The van der Waals surface area contributed by atoms with Crippen molar-refractivity contribution in [1.82, 2.24) is 4.98 Å². The summed E-state index contributed by atoms with van der Waals surface area (Å²) in [6, 6.07) is 11.3. The van der Waals surface area contributed by atoms with Crippen LogP contribution in [0.1, 0.15) is 23.0 Å². The number of ketones is 1. The van der Waals surface area contributed by atoms with Crippen molar-refractivity contribution in [3.05, 3.63) is 53.9 Å².